The lowest BCUT2D eigenvalue weighted by Crippen LogP contribution is -2.28. The topological polar surface area (TPSA) is 90.9 Å². The van der Waals surface area contributed by atoms with Gasteiger partial charge in [-0.05, 0) is 31.5 Å². The molecular formula is C12H18N6O2. The standard InChI is InChI=1S/C12H18N6O2/c1-9-12(16-20-15-9)19-6-5-18-8-11(14-17-18)10-3-2-4-13-7-10/h8,10,13H,2-7H2,1H3/t10-/m0/s1. The smallest absolute Gasteiger partial charge is 0.278 e. The van der Waals surface area contributed by atoms with Crippen LogP contribution in [-0.4, -0.2) is 45.0 Å². The zero-order valence-electron chi connectivity index (χ0n) is 11.4. The van der Waals surface area contributed by atoms with Gasteiger partial charge in [0.15, 0.2) is 0 Å². The first-order valence-electron chi connectivity index (χ1n) is 6.85. The average Bonchev–Trinajstić information content (AvgIpc) is 3.10. The van der Waals surface area contributed by atoms with Crippen molar-refractivity contribution in [1.29, 1.82) is 0 Å². The van der Waals surface area contributed by atoms with E-state index < -0.39 is 0 Å². The largest absolute Gasteiger partial charge is 0.472 e. The molecule has 0 bridgehead atoms. The summed E-state index contributed by atoms with van der Waals surface area (Å²) in [5.41, 5.74) is 1.70. The van der Waals surface area contributed by atoms with Crippen LogP contribution in [0.5, 0.6) is 5.88 Å². The van der Waals surface area contributed by atoms with Crippen LogP contribution >= 0.6 is 0 Å². The minimum absolute atomic E-state index is 0.432. The Labute approximate surface area is 116 Å². The molecule has 1 saturated heterocycles. The molecule has 3 heterocycles. The van der Waals surface area contributed by atoms with E-state index in [4.69, 9.17) is 4.74 Å². The molecule has 0 amide bonds. The van der Waals surface area contributed by atoms with Gasteiger partial charge in [-0.15, -0.1) is 5.10 Å². The van der Waals surface area contributed by atoms with Crippen molar-refractivity contribution in [2.24, 2.45) is 0 Å². The predicted molar refractivity (Wildman–Crippen MR) is 69.4 cm³/mol. The maximum atomic E-state index is 5.47. The van der Waals surface area contributed by atoms with Crippen molar-refractivity contribution in [3.63, 3.8) is 0 Å². The molecule has 108 valence electrons. The third kappa shape index (κ3) is 2.96. The molecule has 1 aliphatic rings. The lowest BCUT2D eigenvalue weighted by atomic mass is 9.97. The number of nitrogens with zero attached hydrogens (tertiary/aromatic N) is 5. The van der Waals surface area contributed by atoms with Gasteiger partial charge in [-0.1, -0.05) is 10.4 Å². The van der Waals surface area contributed by atoms with Crippen molar-refractivity contribution in [2.75, 3.05) is 19.7 Å². The van der Waals surface area contributed by atoms with Crippen LogP contribution in [0.3, 0.4) is 0 Å². The average molecular weight is 278 g/mol. The Balaban J connectivity index is 1.51. The van der Waals surface area contributed by atoms with Crippen LogP contribution in [0.15, 0.2) is 10.8 Å². The van der Waals surface area contributed by atoms with Gasteiger partial charge in [-0.3, -0.25) is 0 Å². The normalized spacial score (nSPS) is 19.1. The molecule has 1 atom stereocenters. The van der Waals surface area contributed by atoms with Gasteiger partial charge in [0.1, 0.15) is 12.3 Å². The third-order valence-corrected chi connectivity index (χ3v) is 3.44. The minimum atomic E-state index is 0.432. The molecule has 1 aliphatic heterocycles. The first kappa shape index (κ1) is 13.0. The van der Waals surface area contributed by atoms with Gasteiger partial charge in [-0.25, -0.2) is 9.31 Å². The lowest BCUT2D eigenvalue weighted by molar-refractivity contribution is 0.244. The van der Waals surface area contributed by atoms with Crippen LogP contribution in [0.2, 0.25) is 0 Å². The van der Waals surface area contributed by atoms with E-state index in [-0.39, 0.29) is 0 Å². The van der Waals surface area contributed by atoms with Crippen molar-refractivity contribution in [3.05, 3.63) is 17.6 Å². The maximum Gasteiger partial charge on any atom is 0.278 e. The highest BCUT2D eigenvalue weighted by Gasteiger charge is 2.18. The molecule has 1 N–H and O–H groups in total. The maximum absolute atomic E-state index is 5.47. The molecule has 20 heavy (non-hydrogen) atoms. The molecular weight excluding hydrogens is 260 g/mol. The summed E-state index contributed by atoms with van der Waals surface area (Å²) >= 11 is 0. The summed E-state index contributed by atoms with van der Waals surface area (Å²) in [7, 11) is 0. The van der Waals surface area contributed by atoms with Crippen molar-refractivity contribution in [3.8, 4) is 5.88 Å². The van der Waals surface area contributed by atoms with Crippen LogP contribution in [0.25, 0.3) is 0 Å². The number of aryl methyl sites for hydroxylation is 1. The number of hydrogen-bond acceptors (Lipinski definition) is 7. The van der Waals surface area contributed by atoms with Crippen LogP contribution < -0.4 is 10.1 Å². The Morgan fingerprint density at radius 1 is 1.50 bits per heavy atom. The number of nitrogens with one attached hydrogen (secondary N) is 1. The van der Waals surface area contributed by atoms with E-state index in [1.807, 2.05) is 6.20 Å². The molecule has 3 rings (SSSR count). The highest BCUT2D eigenvalue weighted by Crippen LogP contribution is 2.20. The van der Waals surface area contributed by atoms with Crippen molar-refractivity contribution < 1.29 is 9.37 Å². The molecule has 0 unspecified atom stereocenters. The van der Waals surface area contributed by atoms with E-state index in [2.05, 4.69) is 30.6 Å². The summed E-state index contributed by atoms with van der Waals surface area (Å²) in [5.74, 6) is 0.905. The second kappa shape index (κ2) is 6.00. The summed E-state index contributed by atoms with van der Waals surface area (Å²) in [6, 6.07) is 0. The quantitative estimate of drug-likeness (QED) is 0.852. The minimum Gasteiger partial charge on any atom is -0.472 e. The molecule has 8 heteroatoms. The third-order valence-electron chi connectivity index (χ3n) is 3.44. The predicted octanol–water partition coefficient (Wildman–Crippen LogP) is 0.516. The van der Waals surface area contributed by atoms with Gasteiger partial charge in [-0.2, -0.15) is 0 Å². The van der Waals surface area contributed by atoms with Crippen molar-refractivity contribution in [2.45, 2.75) is 32.2 Å². The van der Waals surface area contributed by atoms with E-state index in [0.717, 1.165) is 18.8 Å². The number of piperidine rings is 1. The fourth-order valence-corrected chi connectivity index (χ4v) is 2.30. The van der Waals surface area contributed by atoms with Gasteiger partial charge >= 0.3 is 0 Å². The molecule has 2 aromatic heterocycles. The molecule has 1 fully saturated rings. The first-order chi connectivity index (χ1) is 9.83. The summed E-state index contributed by atoms with van der Waals surface area (Å²) in [6.07, 6.45) is 4.36. The van der Waals surface area contributed by atoms with E-state index >= 15 is 0 Å². The second-order valence-corrected chi connectivity index (χ2v) is 4.95. The summed E-state index contributed by atoms with van der Waals surface area (Å²) < 4.78 is 11.8. The molecule has 2 aromatic rings. The lowest BCUT2D eigenvalue weighted by Gasteiger charge is -2.20. The SMILES string of the molecule is Cc1nonc1OCCn1cc([C@H]2CCCNC2)nn1. The number of rotatable bonds is 5. The Morgan fingerprint density at radius 3 is 3.20 bits per heavy atom. The Morgan fingerprint density at radius 2 is 2.45 bits per heavy atom. The Bertz CT molecular complexity index is 546. The molecule has 0 saturated carbocycles. The summed E-state index contributed by atoms with van der Waals surface area (Å²) in [4.78, 5) is 0. The van der Waals surface area contributed by atoms with Crippen LogP contribution in [0.4, 0.5) is 0 Å². The Kier molecular flexibility index (Phi) is 3.91. The van der Waals surface area contributed by atoms with Gasteiger partial charge < -0.3 is 10.1 Å². The monoisotopic (exact) mass is 278 g/mol. The van der Waals surface area contributed by atoms with Crippen molar-refractivity contribution >= 4 is 0 Å². The molecule has 0 aliphatic carbocycles. The molecule has 8 nitrogen and oxygen atoms in total. The van der Waals surface area contributed by atoms with E-state index in [1.165, 1.54) is 12.8 Å². The molecule has 0 radical (unpaired) electrons. The van der Waals surface area contributed by atoms with E-state index in [0.29, 0.717) is 30.6 Å². The fourth-order valence-electron chi connectivity index (χ4n) is 2.30. The van der Waals surface area contributed by atoms with Crippen LogP contribution in [0.1, 0.15) is 30.1 Å². The van der Waals surface area contributed by atoms with Gasteiger partial charge in [0, 0.05) is 18.7 Å². The highest BCUT2D eigenvalue weighted by molar-refractivity contribution is 5.11. The zero-order chi connectivity index (χ0) is 13.8. The Hall–Kier alpha value is -1.96. The van der Waals surface area contributed by atoms with E-state index in [9.17, 15) is 0 Å². The van der Waals surface area contributed by atoms with Gasteiger partial charge in [0.25, 0.3) is 5.88 Å². The van der Waals surface area contributed by atoms with Crippen LogP contribution in [0, 0.1) is 6.92 Å². The second-order valence-electron chi connectivity index (χ2n) is 4.95. The van der Waals surface area contributed by atoms with Gasteiger partial charge in [0.2, 0.25) is 0 Å². The number of hydrogen-bond donors (Lipinski definition) is 1. The molecule has 0 aromatic carbocycles. The zero-order valence-corrected chi connectivity index (χ0v) is 11.4. The molecule has 0 spiro atoms. The van der Waals surface area contributed by atoms with Crippen molar-refractivity contribution in [1.82, 2.24) is 30.6 Å². The van der Waals surface area contributed by atoms with E-state index in [1.54, 1.807) is 11.6 Å². The first-order valence-corrected chi connectivity index (χ1v) is 6.85. The van der Waals surface area contributed by atoms with Gasteiger partial charge in [0.05, 0.1) is 12.2 Å². The highest BCUT2D eigenvalue weighted by atomic mass is 16.6. The van der Waals surface area contributed by atoms with Crippen LogP contribution in [-0.2, 0) is 6.54 Å². The number of ether oxygens (including phenoxy) is 1. The number of aromatic nitrogens is 5. The fraction of sp³-hybridized carbons (Fsp3) is 0.667. The summed E-state index contributed by atoms with van der Waals surface area (Å²) in [6.45, 7) is 4.96. The summed E-state index contributed by atoms with van der Waals surface area (Å²) in [5, 5.41) is 19.1.